The molecule has 2 heterocycles. The fourth-order valence-electron chi connectivity index (χ4n) is 2.65. The molecule has 1 aliphatic heterocycles. The number of fused-ring (bicyclic) bond motifs is 1. The molecule has 0 bridgehead atoms. The molecule has 1 aromatic carbocycles. The SMILES string of the molecule is Cc1ncsc1CCN1CCC(O)c2ccccc21. The van der Waals surface area contributed by atoms with Crippen molar-refractivity contribution in [2.24, 2.45) is 0 Å². The molecular formula is C15H18N2OS. The summed E-state index contributed by atoms with van der Waals surface area (Å²) in [6.45, 7) is 3.99. The van der Waals surface area contributed by atoms with Crippen molar-refractivity contribution in [1.29, 1.82) is 0 Å². The van der Waals surface area contributed by atoms with E-state index in [4.69, 9.17) is 0 Å². The second-order valence-corrected chi connectivity index (χ2v) is 5.90. The van der Waals surface area contributed by atoms with E-state index in [1.54, 1.807) is 11.3 Å². The highest BCUT2D eigenvalue weighted by Gasteiger charge is 2.22. The van der Waals surface area contributed by atoms with Crippen LogP contribution in [0.4, 0.5) is 5.69 Å². The van der Waals surface area contributed by atoms with Crippen molar-refractivity contribution < 1.29 is 5.11 Å². The Kier molecular flexibility index (Phi) is 3.53. The summed E-state index contributed by atoms with van der Waals surface area (Å²) in [6.07, 6.45) is 1.54. The maximum absolute atomic E-state index is 10.0. The highest BCUT2D eigenvalue weighted by Crippen LogP contribution is 2.33. The Morgan fingerprint density at radius 1 is 1.42 bits per heavy atom. The Morgan fingerprint density at radius 2 is 2.26 bits per heavy atom. The minimum atomic E-state index is -0.308. The van der Waals surface area contributed by atoms with Crippen molar-refractivity contribution in [3.63, 3.8) is 0 Å². The second kappa shape index (κ2) is 5.31. The zero-order valence-corrected chi connectivity index (χ0v) is 11.9. The molecular weight excluding hydrogens is 256 g/mol. The van der Waals surface area contributed by atoms with Crippen molar-refractivity contribution in [1.82, 2.24) is 4.98 Å². The average molecular weight is 274 g/mol. The Morgan fingerprint density at radius 3 is 3.05 bits per heavy atom. The van der Waals surface area contributed by atoms with Crippen LogP contribution in [0.15, 0.2) is 29.8 Å². The number of nitrogens with zero attached hydrogens (tertiary/aromatic N) is 2. The van der Waals surface area contributed by atoms with Crippen LogP contribution in [-0.4, -0.2) is 23.2 Å². The van der Waals surface area contributed by atoms with E-state index in [2.05, 4.69) is 22.9 Å². The number of aliphatic hydroxyl groups excluding tert-OH is 1. The number of hydrogen-bond donors (Lipinski definition) is 1. The third kappa shape index (κ3) is 2.51. The summed E-state index contributed by atoms with van der Waals surface area (Å²) in [5.41, 5.74) is 5.31. The molecule has 1 atom stereocenters. The number of para-hydroxylation sites is 1. The van der Waals surface area contributed by atoms with Gasteiger partial charge in [0.25, 0.3) is 0 Å². The van der Waals surface area contributed by atoms with Gasteiger partial charge in [0.15, 0.2) is 0 Å². The van der Waals surface area contributed by atoms with E-state index in [1.807, 2.05) is 23.7 Å². The lowest BCUT2D eigenvalue weighted by Gasteiger charge is -2.33. The van der Waals surface area contributed by atoms with Gasteiger partial charge in [-0.3, -0.25) is 0 Å². The normalized spacial score (nSPS) is 18.4. The van der Waals surface area contributed by atoms with Gasteiger partial charge < -0.3 is 10.0 Å². The Bertz CT molecular complexity index is 567. The van der Waals surface area contributed by atoms with Crippen molar-refractivity contribution in [3.8, 4) is 0 Å². The van der Waals surface area contributed by atoms with E-state index in [-0.39, 0.29) is 6.10 Å². The van der Waals surface area contributed by atoms with Crippen LogP contribution in [0.2, 0.25) is 0 Å². The summed E-state index contributed by atoms with van der Waals surface area (Å²) in [4.78, 5) is 8.04. The number of aliphatic hydroxyl groups is 1. The molecule has 0 fully saturated rings. The summed E-state index contributed by atoms with van der Waals surface area (Å²) in [5.74, 6) is 0. The van der Waals surface area contributed by atoms with Gasteiger partial charge in [0, 0.05) is 35.6 Å². The van der Waals surface area contributed by atoms with Crippen LogP contribution in [0.1, 0.15) is 28.7 Å². The zero-order valence-electron chi connectivity index (χ0n) is 11.0. The number of aryl methyl sites for hydroxylation is 1. The number of hydrogen-bond acceptors (Lipinski definition) is 4. The van der Waals surface area contributed by atoms with Crippen molar-refractivity contribution in [2.45, 2.75) is 25.9 Å². The van der Waals surface area contributed by atoms with E-state index in [9.17, 15) is 5.11 Å². The molecule has 2 aromatic rings. The summed E-state index contributed by atoms with van der Waals surface area (Å²) in [5, 5.41) is 10.0. The standard InChI is InChI=1S/C15H18N2OS/c1-11-15(19-10-16-11)7-9-17-8-6-14(18)12-4-2-3-5-13(12)17/h2-5,10,14,18H,6-9H2,1H3. The maximum atomic E-state index is 10.0. The molecule has 3 rings (SSSR count). The molecule has 0 spiro atoms. The lowest BCUT2D eigenvalue weighted by Crippen LogP contribution is -2.32. The quantitative estimate of drug-likeness (QED) is 0.935. The summed E-state index contributed by atoms with van der Waals surface area (Å²) in [6, 6.07) is 8.18. The lowest BCUT2D eigenvalue weighted by molar-refractivity contribution is 0.164. The summed E-state index contributed by atoms with van der Waals surface area (Å²) in [7, 11) is 0. The molecule has 0 radical (unpaired) electrons. The first kappa shape index (κ1) is 12.6. The Balaban J connectivity index is 1.76. The van der Waals surface area contributed by atoms with Crippen LogP contribution < -0.4 is 4.90 Å². The van der Waals surface area contributed by atoms with Crippen LogP contribution in [-0.2, 0) is 6.42 Å². The fourth-order valence-corrected chi connectivity index (χ4v) is 3.42. The summed E-state index contributed by atoms with van der Waals surface area (Å²) >= 11 is 1.73. The largest absolute Gasteiger partial charge is 0.388 e. The van der Waals surface area contributed by atoms with Crippen LogP contribution in [0.25, 0.3) is 0 Å². The maximum Gasteiger partial charge on any atom is 0.0826 e. The highest BCUT2D eigenvalue weighted by molar-refractivity contribution is 7.09. The van der Waals surface area contributed by atoms with E-state index in [0.29, 0.717) is 0 Å². The van der Waals surface area contributed by atoms with Crippen LogP contribution in [0, 0.1) is 6.92 Å². The van der Waals surface area contributed by atoms with Crippen molar-refractivity contribution in [3.05, 3.63) is 45.9 Å². The molecule has 0 saturated heterocycles. The van der Waals surface area contributed by atoms with Crippen LogP contribution in [0.3, 0.4) is 0 Å². The van der Waals surface area contributed by atoms with Gasteiger partial charge >= 0.3 is 0 Å². The smallest absolute Gasteiger partial charge is 0.0826 e. The van der Waals surface area contributed by atoms with Crippen molar-refractivity contribution in [2.75, 3.05) is 18.0 Å². The molecule has 0 aliphatic carbocycles. The molecule has 1 aromatic heterocycles. The minimum Gasteiger partial charge on any atom is -0.388 e. The predicted molar refractivity (Wildman–Crippen MR) is 78.8 cm³/mol. The van der Waals surface area contributed by atoms with E-state index < -0.39 is 0 Å². The van der Waals surface area contributed by atoms with Gasteiger partial charge in [0.05, 0.1) is 17.3 Å². The van der Waals surface area contributed by atoms with Gasteiger partial charge in [-0.25, -0.2) is 4.98 Å². The number of rotatable bonds is 3. The summed E-state index contributed by atoms with van der Waals surface area (Å²) < 4.78 is 0. The second-order valence-electron chi connectivity index (χ2n) is 4.96. The monoisotopic (exact) mass is 274 g/mol. The molecule has 19 heavy (non-hydrogen) atoms. The van der Waals surface area contributed by atoms with Crippen LogP contribution in [0.5, 0.6) is 0 Å². The molecule has 100 valence electrons. The molecule has 1 aliphatic rings. The Labute approximate surface area is 117 Å². The number of anilines is 1. The molecule has 4 heteroatoms. The molecule has 1 unspecified atom stereocenters. The van der Waals surface area contributed by atoms with Gasteiger partial charge in [-0.05, 0) is 19.4 Å². The molecule has 3 nitrogen and oxygen atoms in total. The highest BCUT2D eigenvalue weighted by atomic mass is 32.1. The fraction of sp³-hybridized carbons (Fsp3) is 0.400. The first-order valence-electron chi connectivity index (χ1n) is 6.66. The van der Waals surface area contributed by atoms with Gasteiger partial charge in [-0.2, -0.15) is 0 Å². The van der Waals surface area contributed by atoms with Gasteiger partial charge in [0.2, 0.25) is 0 Å². The zero-order chi connectivity index (χ0) is 13.2. The minimum absolute atomic E-state index is 0.308. The third-order valence-corrected chi connectivity index (χ3v) is 4.76. The number of aromatic nitrogens is 1. The van der Waals surface area contributed by atoms with Crippen molar-refractivity contribution >= 4 is 17.0 Å². The Hall–Kier alpha value is -1.39. The average Bonchev–Trinajstić information content (AvgIpc) is 2.84. The van der Waals surface area contributed by atoms with Gasteiger partial charge in [-0.15, -0.1) is 11.3 Å². The van der Waals surface area contributed by atoms with Gasteiger partial charge in [-0.1, -0.05) is 18.2 Å². The van der Waals surface area contributed by atoms with E-state index in [0.717, 1.165) is 37.2 Å². The first-order chi connectivity index (χ1) is 9.25. The van der Waals surface area contributed by atoms with Gasteiger partial charge in [0.1, 0.15) is 0 Å². The molecule has 0 amide bonds. The van der Waals surface area contributed by atoms with Crippen LogP contribution >= 0.6 is 11.3 Å². The van der Waals surface area contributed by atoms with E-state index >= 15 is 0 Å². The van der Waals surface area contributed by atoms with E-state index in [1.165, 1.54) is 10.6 Å². The molecule has 1 N–H and O–H groups in total. The number of thiazole rings is 1. The number of benzene rings is 1. The topological polar surface area (TPSA) is 36.4 Å². The third-order valence-electron chi connectivity index (χ3n) is 3.76. The predicted octanol–water partition coefficient (Wildman–Crippen LogP) is 2.94. The first-order valence-corrected chi connectivity index (χ1v) is 7.54. The molecule has 0 saturated carbocycles. The lowest BCUT2D eigenvalue weighted by atomic mass is 9.99.